The van der Waals surface area contributed by atoms with Gasteiger partial charge in [-0.3, -0.25) is 4.79 Å². The van der Waals surface area contributed by atoms with Crippen molar-refractivity contribution in [3.05, 3.63) is 52.1 Å². The molecule has 0 aliphatic carbocycles. The molecule has 1 aromatic carbocycles. The van der Waals surface area contributed by atoms with E-state index in [1.54, 1.807) is 18.3 Å². The molecule has 5 heteroatoms. The van der Waals surface area contributed by atoms with E-state index >= 15 is 0 Å². The third kappa shape index (κ3) is 2.68. The van der Waals surface area contributed by atoms with Gasteiger partial charge in [-0.15, -0.1) is 0 Å². The van der Waals surface area contributed by atoms with Crippen LogP contribution >= 0.6 is 15.9 Å². The average Bonchev–Trinajstić information content (AvgIpc) is 2.34. The summed E-state index contributed by atoms with van der Waals surface area (Å²) in [4.78, 5) is 15.3. The van der Waals surface area contributed by atoms with Crippen LogP contribution in [0.2, 0.25) is 0 Å². The summed E-state index contributed by atoms with van der Waals surface area (Å²) >= 11 is 3.37. The van der Waals surface area contributed by atoms with Gasteiger partial charge < -0.3 is 10.5 Å². The lowest BCUT2D eigenvalue weighted by atomic mass is 10.2. The number of carbonyl (C=O) groups is 1. The van der Waals surface area contributed by atoms with Crippen LogP contribution in [0.1, 0.15) is 15.9 Å². The first-order chi connectivity index (χ1) is 8.58. The molecule has 0 fully saturated rings. The standard InChI is InChI=1S/C13H11BrN2O2/c1-8-4-5-9(14)7-11(8)18-13-10(12(15)17)3-2-6-16-13/h2-7H,1H3,(H2,15,17). The smallest absolute Gasteiger partial charge is 0.254 e. The second-order valence-electron chi connectivity index (χ2n) is 3.73. The monoisotopic (exact) mass is 306 g/mol. The van der Waals surface area contributed by atoms with Gasteiger partial charge in [0.15, 0.2) is 0 Å². The summed E-state index contributed by atoms with van der Waals surface area (Å²) < 4.78 is 6.53. The molecule has 1 heterocycles. The Labute approximate surface area is 113 Å². The Morgan fingerprint density at radius 3 is 2.89 bits per heavy atom. The van der Waals surface area contributed by atoms with Crippen LogP contribution in [0.5, 0.6) is 11.6 Å². The van der Waals surface area contributed by atoms with Crippen molar-refractivity contribution in [2.24, 2.45) is 5.73 Å². The molecule has 0 unspecified atom stereocenters. The van der Waals surface area contributed by atoms with E-state index in [9.17, 15) is 4.79 Å². The third-order valence-electron chi connectivity index (χ3n) is 2.39. The minimum Gasteiger partial charge on any atom is -0.438 e. The number of hydrogen-bond donors (Lipinski definition) is 1. The van der Waals surface area contributed by atoms with Crippen molar-refractivity contribution in [1.82, 2.24) is 4.98 Å². The molecule has 0 radical (unpaired) electrons. The SMILES string of the molecule is Cc1ccc(Br)cc1Oc1ncccc1C(N)=O. The minimum absolute atomic E-state index is 0.214. The maximum atomic E-state index is 11.3. The molecule has 0 saturated heterocycles. The van der Waals surface area contributed by atoms with Gasteiger partial charge in [0.2, 0.25) is 5.88 Å². The number of primary amides is 1. The van der Waals surface area contributed by atoms with Crippen molar-refractivity contribution in [3.63, 3.8) is 0 Å². The molecule has 0 aliphatic rings. The molecule has 2 N–H and O–H groups in total. The quantitative estimate of drug-likeness (QED) is 0.948. The highest BCUT2D eigenvalue weighted by Gasteiger charge is 2.12. The van der Waals surface area contributed by atoms with Gasteiger partial charge in [0.05, 0.1) is 0 Å². The average molecular weight is 307 g/mol. The lowest BCUT2D eigenvalue weighted by Crippen LogP contribution is -2.12. The van der Waals surface area contributed by atoms with Crippen molar-refractivity contribution >= 4 is 21.8 Å². The largest absolute Gasteiger partial charge is 0.438 e. The number of pyridine rings is 1. The first kappa shape index (κ1) is 12.6. The number of aryl methyl sites for hydroxylation is 1. The summed E-state index contributed by atoms with van der Waals surface area (Å²) in [5, 5.41) is 0. The van der Waals surface area contributed by atoms with Crippen molar-refractivity contribution in [1.29, 1.82) is 0 Å². The molecule has 0 aliphatic heterocycles. The van der Waals surface area contributed by atoms with Crippen LogP contribution in [-0.4, -0.2) is 10.9 Å². The topological polar surface area (TPSA) is 65.2 Å². The number of nitrogens with two attached hydrogens (primary N) is 1. The molecule has 0 atom stereocenters. The third-order valence-corrected chi connectivity index (χ3v) is 2.89. The van der Waals surface area contributed by atoms with E-state index in [0.717, 1.165) is 10.0 Å². The van der Waals surface area contributed by atoms with E-state index in [2.05, 4.69) is 20.9 Å². The molecule has 1 amide bonds. The summed E-state index contributed by atoms with van der Waals surface area (Å²) in [6, 6.07) is 8.86. The Kier molecular flexibility index (Phi) is 3.62. The number of hydrogen-bond acceptors (Lipinski definition) is 3. The highest BCUT2D eigenvalue weighted by molar-refractivity contribution is 9.10. The number of nitrogens with zero attached hydrogens (tertiary/aromatic N) is 1. The maximum Gasteiger partial charge on any atom is 0.254 e. The highest BCUT2D eigenvalue weighted by Crippen LogP contribution is 2.28. The first-order valence-corrected chi connectivity index (χ1v) is 6.06. The zero-order chi connectivity index (χ0) is 13.1. The van der Waals surface area contributed by atoms with E-state index in [1.165, 1.54) is 0 Å². The second-order valence-corrected chi connectivity index (χ2v) is 4.65. The molecule has 92 valence electrons. The molecule has 1 aromatic heterocycles. The second kappa shape index (κ2) is 5.18. The fourth-order valence-electron chi connectivity index (χ4n) is 1.45. The summed E-state index contributed by atoms with van der Waals surface area (Å²) in [6.45, 7) is 1.91. The first-order valence-electron chi connectivity index (χ1n) is 5.27. The van der Waals surface area contributed by atoms with Crippen molar-refractivity contribution in [2.75, 3.05) is 0 Å². The summed E-state index contributed by atoms with van der Waals surface area (Å²) in [5.41, 5.74) is 6.47. The van der Waals surface area contributed by atoms with Crippen LogP contribution in [0.3, 0.4) is 0 Å². The fourth-order valence-corrected chi connectivity index (χ4v) is 1.79. The highest BCUT2D eigenvalue weighted by atomic mass is 79.9. The zero-order valence-electron chi connectivity index (χ0n) is 9.68. The minimum atomic E-state index is -0.564. The summed E-state index contributed by atoms with van der Waals surface area (Å²) in [5.74, 6) is 0.280. The van der Waals surface area contributed by atoms with Crippen molar-refractivity contribution < 1.29 is 9.53 Å². The number of rotatable bonds is 3. The number of carbonyl (C=O) groups excluding carboxylic acids is 1. The Hall–Kier alpha value is -1.88. The lowest BCUT2D eigenvalue weighted by molar-refractivity contribution is 0.0997. The van der Waals surface area contributed by atoms with E-state index in [-0.39, 0.29) is 11.4 Å². The number of aromatic nitrogens is 1. The van der Waals surface area contributed by atoms with Crippen LogP contribution in [0.25, 0.3) is 0 Å². The van der Waals surface area contributed by atoms with Gasteiger partial charge >= 0.3 is 0 Å². The molecular formula is C13H11BrN2O2. The predicted octanol–water partition coefficient (Wildman–Crippen LogP) is 3.04. The Bertz CT molecular complexity index is 599. The van der Waals surface area contributed by atoms with Crippen molar-refractivity contribution in [2.45, 2.75) is 6.92 Å². The Balaban J connectivity index is 2.40. The van der Waals surface area contributed by atoms with Crippen LogP contribution in [-0.2, 0) is 0 Å². The molecular weight excluding hydrogens is 296 g/mol. The number of benzene rings is 1. The van der Waals surface area contributed by atoms with Crippen LogP contribution in [0.15, 0.2) is 41.0 Å². The van der Waals surface area contributed by atoms with E-state index in [1.807, 2.05) is 25.1 Å². The zero-order valence-corrected chi connectivity index (χ0v) is 11.3. The Morgan fingerprint density at radius 2 is 2.17 bits per heavy atom. The van der Waals surface area contributed by atoms with E-state index in [0.29, 0.717) is 5.75 Å². The number of halogens is 1. The number of amides is 1. The summed E-state index contributed by atoms with van der Waals surface area (Å²) in [7, 11) is 0. The molecule has 4 nitrogen and oxygen atoms in total. The van der Waals surface area contributed by atoms with Crippen molar-refractivity contribution in [3.8, 4) is 11.6 Å². The normalized spacial score (nSPS) is 10.1. The molecule has 0 spiro atoms. The number of ether oxygens (including phenoxy) is 1. The molecule has 0 saturated carbocycles. The van der Waals surface area contributed by atoms with Crippen LogP contribution in [0, 0.1) is 6.92 Å². The summed E-state index contributed by atoms with van der Waals surface area (Å²) in [6.07, 6.45) is 1.55. The van der Waals surface area contributed by atoms with Gasteiger partial charge in [-0.05, 0) is 36.8 Å². The van der Waals surface area contributed by atoms with Gasteiger partial charge in [-0.1, -0.05) is 22.0 Å². The molecule has 2 aromatic rings. The Morgan fingerprint density at radius 1 is 1.39 bits per heavy atom. The lowest BCUT2D eigenvalue weighted by Gasteiger charge is -2.10. The maximum absolute atomic E-state index is 11.3. The molecule has 2 rings (SSSR count). The van der Waals surface area contributed by atoms with E-state index in [4.69, 9.17) is 10.5 Å². The molecule has 0 bridgehead atoms. The van der Waals surface area contributed by atoms with Gasteiger partial charge in [-0.25, -0.2) is 4.98 Å². The van der Waals surface area contributed by atoms with E-state index < -0.39 is 5.91 Å². The molecule has 18 heavy (non-hydrogen) atoms. The van der Waals surface area contributed by atoms with Crippen LogP contribution < -0.4 is 10.5 Å². The van der Waals surface area contributed by atoms with Gasteiger partial charge in [0.1, 0.15) is 11.3 Å². The predicted molar refractivity (Wildman–Crippen MR) is 71.7 cm³/mol. The van der Waals surface area contributed by atoms with Gasteiger partial charge in [0.25, 0.3) is 5.91 Å². The van der Waals surface area contributed by atoms with Gasteiger partial charge in [0, 0.05) is 10.7 Å². The van der Waals surface area contributed by atoms with Gasteiger partial charge in [-0.2, -0.15) is 0 Å². The van der Waals surface area contributed by atoms with Crippen LogP contribution in [0.4, 0.5) is 0 Å². The fraction of sp³-hybridized carbons (Fsp3) is 0.0769.